The van der Waals surface area contributed by atoms with E-state index >= 15 is 0 Å². The minimum atomic E-state index is -0.373. The van der Waals surface area contributed by atoms with Gasteiger partial charge >= 0.3 is 6.03 Å². The van der Waals surface area contributed by atoms with Crippen LogP contribution in [0.25, 0.3) is 0 Å². The van der Waals surface area contributed by atoms with Gasteiger partial charge in [-0.25, -0.2) is 4.79 Å². The number of carbonyl (C=O) groups excluding carboxylic acids is 3. The van der Waals surface area contributed by atoms with E-state index in [9.17, 15) is 14.4 Å². The van der Waals surface area contributed by atoms with Crippen LogP contribution in [0, 0.1) is 0 Å². The predicted octanol–water partition coefficient (Wildman–Crippen LogP) is 3.10. The molecule has 0 saturated carbocycles. The molecule has 8 heteroatoms. The number of carbonyl (C=O) groups is 3. The van der Waals surface area contributed by atoms with Crippen molar-refractivity contribution in [1.82, 2.24) is 5.32 Å². The van der Waals surface area contributed by atoms with Crippen LogP contribution in [-0.4, -0.2) is 31.5 Å². The molecule has 1 fully saturated rings. The van der Waals surface area contributed by atoms with Gasteiger partial charge in [0, 0.05) is 43.9 Å². The maximum absolute atomic E-state index is 12.2. The summed E-state index contributed by atoms with van der Waals surface area (Å²) in [6.07, 6.45) is 1.36. The first-order valence-electron chi connectivity index (χ1n) is 9.36. The number of hydrogen-bond donors (Lipinski definition) is 3. The van der Waals surface area contributed by atoms with Crippen molar-refractivity contribution in [3.05, 3.63) is 48.0 Å². The van der Waals surface area contributed by atoms with E-state index < -0.39 is 0 Å². The molecule has 4 amide bonds. The number of hydrogen-bond acceptors (Lipinski definition) is 4. The minimum absolute atomic E-state index is 0.0724. The second-order valence-electron chi connectivity index (χ2n) is 6.72. The van der Waals surface area contributed by atoms with E-state index in [2.05, 4.69) is 16.0 Å². The Bertz CT molecular complexity index is 929. The zero-order chi connectivity index (χ0) is 20.8. The molecule has 1 heterocycles. The average molecular weight is 396 g/mol. The number of urea groups is 1. The number of methoxy groups -OCH3 is 1. The van der Waals surface area contributed by atoms with Crippen LogP contribution in [0.1, 0.15) is 25.3 Å². The number of anilines is 3. The van der Waals surface area contributed by atoms with Gasteiger partial charge in [-0.05, 0) is 36.2 Å². The van der Waals surface area contributed by atoms with E-state index in [0.29, 0.717) is 42.3 Å². The van der Waals surface area contributed by atoms with E-state index in [4.69, 9.17) is 4.74 Å². The number of benzene rings is 2. The highest BCUT2D eigenvalue weighted by Gasteiger charge is 2.24. The zero-order valence-electron chi connectivity index (χ0n) is 16.5. The van der Waals surface area contributed by atoms with Crippen LogP contribution < -0.4 is 25.6 Å². The molecule has 29 heavy (non-hydrogen) atoms. The molecule has 0 aromatic heterocycles. The van der Waals surface area contributed by atoms with Gasteiger partial charge in [0.05, 0.1) is 12.8 Å². The number of amides is 4. The molecule has 3 rings (SSSR count). The third-order valence-electron chi connectivity index (χ3n) is 4.50. The summed E-state index contributed by atoms with van der Waals surface area (Å²) in [7, 11) is 1.53. The first kappa shape index (κ1) is 20.2. The summed E-state index contributed by atoms with van der Waals surface area (Å²) in [5.41, 5.74) is 2.79. The molecule has 1 aliphatic rings. The average Bonchev–Trinajstić information content (AvgIpc) is 3.12. The smallest absolute Gasteiger partial charge is 0.319 e. The third-order valence-corrected chi connectivity index (χ3v) is 4.50. The van der Waals surface area contributed by atoms with E-state index in [0.717, 1.165) is 12.0 Å². The van der Waals surface area contributed by atoms with Gasteiger partial charge in [0.25, 0.3) is 0 Å². The maximum Gasteiger partial charge on any atom is 0.319 e. The van der Waals surface area contributed by atoms with Crippen molar-refractivity contribution >= 4 is 34.9 Å². The normalized spacial score (nSPS) is 13.2. The number of nitrogens with zero attached hydrogens (tertiary/aromatic N) is 1. The highest BCUT2D eigenvalue weighted by Crippen LogP contribution is 2.33. The van der Waals surface area contributed by atoms with Gasteiger partial charge in [0.1, 0.15) is 5.75 Å². The molecular weight excluding hydrogens is 372 g/mol. The second kappa shape index (κ2) is 9.09. The van der Waals surface area contributed by atoms with Crippen LogP contribution in [0.5, 0.6) is 5.75 Å². The van der Waals surface area contributed by atoms with Gasteiger partial charge in [-0.3, -0.25) is 9.59 Å². The summed E-state index contributed by atoms with van der Waals surface area (Å²) < 4.78 is 5.40. The highest BCUT2D eigenvalue weighted by atomic mass is 16.5. The molecular formula is C21H24N4O4. The van der Waals surface area contributed by atoms with Crippen LogP contribution in [0.2, 0.25) is 0 Å². The van der Waals surface area contributed by atoms with Gasteiger partial charge in [-0.1, -0.05) is 12.1 Å². The molecule has 152 valence electrons. The van der Waals surface area contributed by atoms with Gasteiger partial charge < -0.3 is 25.6 Å². The molecule has 0 spiro atoms. The lowest BCUT2D eigenvalue weighted by molar-refractivity contribution is -0.117. The second-order valence-corrected chi connectivity index (χ2v) is 6.72. The van der Waals surface area contributed by atoms with Gasteiger partial charge in [0.15, 0.2) is 0 Å². The Morgan fingerprint density at radius 3 is 2.59 bits per heavy atom. The van der Waals surface area contributed by atoms with Crippen LogP contribution in [0.15, 0.2) is 42.5 Å². The molecule has 0 bridgehead atoms. The Hall–Kier alpha value is -3.55. The summed E-state index contributed by atoms with van der Waals surface area (Å²) in [5, 5.41) is 8.24. The van der Waals surface area contributed by atoms with E-state index in [-0.39, 0.29) is 17.8 Å². The van der Waals surface area contributed by atoms with E-state index in [1.54, 1.807) is 35.2 Å². The van der Waals surface area contributed by atoms with E-state index in [1.165, 1.54) is 14.0 Å². The fourth-order valence-corrected chi connectivity index (χ4v) is 3.20. The Morgan fingerprint density at radius 1 is 1.10 bits per heavy atom. The summed E-state index contributed by atoms with van der Waals surface area (Å²) >= 11 is 0. The van der Waals surface area contributed by atoms with Gasteiger partial charge in [-0.15, -0.1) is 0 Å². The molecule has 0 radical (unpaired) electrons. The third kappa shape index (κ3) is 5.25. The van der Waals surface area contributed by atoms with Crippen LogP contribution >= 0.6 is 0 Å². The molecule has 2 aromatic carbocycles. The first-order valence-corrected chi connectivity index (χ1v) is 9.36. The number of rotatable bonds is 6. The van der Waals surface area contributed by atoms with Crippen molar-refractivity contribution in [2.24, 2.45) is 0 Å². The van der Waals surface area contributed by atoms with Crippen molar-refractivity contribution in [1.29, 1.82) is 0 Å². The van der Waals surface area contributed by atoms with E-state index in [1.807, 2.05) is 12.1 Å². The highest BCUT2D eigenvalue weighted by molar-refractivity contribution is 5.97. The van der Waals surface area contributed by atoms with Crippen molar-refractivity contribution < 1.29 is 19.1 Å². The fourth-order valence-electron chi connectivity index (χ4n) is 3.20. The molecule has 1 saturated heterocycles. The molecule has 0 unspecified atom stereocenters. The largest absolute Gasteiger partial charge is 0.494 e. The van der Waals surface area contributed by atoms with Crippen LogP contribution in [0.3, 0.4) is 0 Å². The molecule has 2 aromatic rings. The summed E-state index contributed by atoms with van der Waals surface area (Å²) in [6.45, 7) is 2.41. The lowest BCUT2D eigenvalue weighted by Gasteiger charge is -2.19. The Balaban J connectivity index is 1.60. The Morgan fingerprint density at radius 2 is 1.90 bits per heavy atom. The number of nitrogens with one attached hydrogen (secondary N) is 3. The van der Waals surface area contributed by atoms with Crippen LogP contribution in [0.4, 0.5) is 21.9 Å². The van der Waals surface area contributed by atoms with Crippen molar-refractivity contribution in [3.63, 3.8) is 0 Å². The number of ether oxygens (including phenoxy) is 1. The SMILES string of the molecule is COc1cc(NC(=O)NCc2cccc(NC(C)=O)c2)ccc1N1CCCC1=O. The lowest BCUT2D eigenvalue weighted by Crippen LogP contribution is -2.28. The van der Waals surface area contributed by atoms with Crippen LogP contribution in [-0.2, 0) is 16.1 Å². The summed E-state index contributed by atoms with van der Waals surface area (Å²) in [4.78, 5) is 37.1. The Kier molecular flexibility index (Phi) is 6.33. The monoisotopic (exact) mass is 396 g/mol. The molecule has 8 nitrogen and oxygen atoms in total. The van der Waals surface area contributed by atoms with Crippen molar-refractivity contribution in [2.75, 3.05) is 29.2 Å². The fraction of sp³-hybridized carbons (Fsp3) is 0.286. The topological polar surface area (TPSA) is 99.8 Å². The maximum atomic E-state index is 12.2. The predicted molar refractivity (Wildman–Crippen MR) is 111 cm³/mol. The molecule has 1 aliphatic heterocycles. The molecule has 0 atom stereocenters. The standard InChI is InChI=1S/C21H24N4O4/c1-14(26)23-16-6-3-5-15(11-16)13-22-21(28)24-17-8-9-18(19(12-17)29-2)25-10-4-7-20(25)27/h3,5-6,8-9,11-12H,4,7,10,13H2,1-2H3,(H,23,26)(H2,22,24,28). The molecule has 0 aliphatic carbocycles. The van der Waals surface area contributed by atoms with Gasteiger partial charge in [-0.2, -0.15) is 0 Å². The van der Waals surface area contributed by atoms with Crippen molar-refractivity contribution in [2.45, 2.75) is 26.3 Å². The van der Waals surface area contributed by atoms with Gasteiger partial charge in [0.2, 0.25) is 11.8 Å². The molecule has 3 N–H and O–H groups in total. The summed E-state index contributed by atoms with van der Waals surface area (Å²) in [5.74, 6) is 0.449. The Labute approximate surface area is 169 Å². The lowest BCUT2D eigenvalue weighted by atomic mass is 10.2. The quantitative estimate of drug-likeness (QED) is 0.699. The first-order chi connectivity index (χ1) is 14.0. The summed E-state index contributed by atoms with van der Waals surface area (Å²) in [6, 6.07) is 12.1. The zero-order valence-corrected chi connectivity index (χ0v) is 16.5. The van der Waals surface area contributed by atoms with Crippen molar-refractivity contribution in [3.8, 4) is 5.75 Å². The minimum Gasteiger partial charge on any atom is -0.494 e.